The van der Waals surface area contributed by atoms with Gasteiger partial charge < -0.3 is 10.3 Å². The van der Waals surface area contributed by atoms with Crippen LogP contribution in [0.2, 0.25) is 5.02 Å². The van der Waals surface area contributed by atoms with Crippen molar-refractivity contribution < 1.29 is 4.79 Å². The molecule has 4 nitrogen and oxygen atoms in total. The van der Waals surface area contributed by atoms with E-state index in [0.29, 0.717) is 16.4 Å². The van der Waals surface area contributed by atoms with Crippen molar-refractivity contribution in [1.82, 2.24) is 15.3 Å². The van der Waals surface area contributed by atoms with Crippen LogP contribution in [0.3, 0.4) is 0 Å². The normalized spacial score (nSPS) is 10.7. The lowest BCUT2D eigenvalue weighted by Gasteiger charge is -2.03. The Kier molecular flexibility index (Phi) is 3.16. The van der Waals surface area contributed by atoms with Crippen LogP contribution in [0.15, 0.2) is 42.6 Å². The monoisotopic (exact) mass is 285 g/mol. The van der Waals surface area contributed by atoms with Crippen molar-refractivity contribution in [2.24, 2.45) is 0 Å². The predicted molar refractivity (Wildman–Crippen MR) is 79.9 cm³/mol. The van der Waals surface area contributed by atoms with Gasteiger partial charge in [0.1, 0.15) is 11.3 Å². The number of carbonyl (C=O) groups excluding carboxylic acids is 1. The second kappa shape index (κ2) is 4.98. The lowest BCUT2D eigenvalue weighted by Crippen LogP contribution is -2.17. The minimum Gasteiger partial charge on any atom is -0.354 e. The molecule has 0 radical (unpaired) electrons. The summed E-state index contributed by atoms with van der Waals surface area (Å²) in [5.74, 6) is -0.167. The van der Waals surface area contributed by atoms with Crippen LogP contribution in [0.5, 0.6) is 0 Å². The van der Waals surface area contributed by atoms with Crippen molar-refractivity contribution in [3.05, 3.63) is 53.3 Å². The minimum absolute atomic E-state index is 0.167. The highest BCUT2D eigenvalue weighted by Crippen LogP contribution is 2.29. The number of halogens is 1. The summed E-state index contributed by atoms with van der Waals surface area (Å²) in [4.78, 5) is 19.0. The first-order chi connectivity index (χ1) is 9.69. The molecule has 0 aliphatic carbocycles. The van der Waals surface area contributed by atoms with Crippen LogP contribution in [0.25, 0.3) is 22.2 Å². The summed E-state index contributed by atoms with van der Waals surface area (Å²) in [5.41, 5.74) is 3.15. The Morgan fingerprint density at radius 2 is 2.15 bits per heavy atom. The van der Waals surface area contributed by atoms with Gasteiger partial charge in [-0.2, -0.15) is 0 Å². The van der Waals surface area contributed by atoms with Crippen molar-refractivity contribution in [3.63, 3.8) is 0 Å². The van der Waals surface area contributed by atoms with E-state index in [0.717, 1.165) is 16.5 Å². The number of amides is 1. The molecule has 0 bridgehead atoms. The highest BCUT2D eigenvalue weighted by atomic mass is 35.5. The number of hydrogen-bond acceptors (Lipinski definition) is 2. The highest BCUT2D eigenvalue weighted by molar-refractivity contribution is 6.30. The van der Waals surface area contributed by atoms with Gasteiger partial charge in [-0.1, -0.05) is 23.7 Å². The maximum Gasteiger partial charge on any atom is 0.267 e. The number of aromatic nitrogens is 2. The number of pyridine rings is 1. The van der Waals surface area contributed by atoms with Crippen LogP contribution < -0.4 is 5.32 Å². The van der Waals surface area contributed by atoms with Crippen molar-refractivity contribution in [2.45, 2.75) is 0 Å². The Labute approximate surface area is 120 Å². The van der Waals surface area contributed by atoms with E-state index >= 15 is 0 Å². The SMILES string of the molecule is CNC(=O)c1cc2c(-c3cccc(Cl)c3)ccnc2[nH]1. The average Bonchev–Trinajstić information content (AvgIpc) is 2.90. The first-order valence-corrected chi connectivity index (χ1v) is 6.52. The van der Waals surface area contributed by atoms with E-state index < -0.39 is 0 Å². The van der Waals surface area contributed by atoms with Crippen LogP contribution >= 0.6 is 11.6 Å². The van der Waals surface area contributed by atoms with E-state index in [-0.39, 0.29) is 5.91 Å². The van der Waals surface area contributed by atoms with Crippen LogP contribution in [0.4, 0.5) is 0 Å². The molecule has 0 spiro atoms. The molecule has 20 heavy (non-hydrogen) atoms. The quantitative estimate of drug-likeness (QED) is 0.759. The Morgan fingerprint density at radius 1 is 1.30 bits per heavy atom. The van der Waals surface area contributed by atoms with E-state index in [1.807, 2.05) is 30.3 Å². The van der Waals surface area contributed by atoms with Crippen molar-refractivity contribution >= 4 is 28.5 Å². The number of H-pyrrole nitrogens is 1. The second-order valence-corrected chi connectivity index (χ2v) is 4.83. The van der Waals surface area contributed by atoms with Crippen LogP contribution in [-0.4, -0.2) is 22.9 Å². The first kappa shape index (κ1) is 12.7. The van der Waals surface area contributed by atoms with E-state index in [9.17, 15) is 4.79 Å². The van der Waals surface area contributed by atoms with Gasteiger partial charge in [-0.05, 0) is 35.4 Å². The summed E-state index contributed by atoms with van der Waals surface area (Å²) < 4.78 is 0. The minimum atomic E-state index is -0.167. The average molecular weight is 286 g/mol. The molecule has 0 saturated carbocycles. The van der Waals surface area contributed by atoms with Gasteiger partial charge in [0, 0.05) is 23.7 Å². The standard InChI is InChI=1S/C15H12ClN3O/c1-17-15(20)13-8-12-11(5-6-18-14(12)19-13)9-3-2-4-10(16)7-9/h2-8H,1H3,(H,17,20)(H,18,19). The zero-order valence-electron chi connectivity index (χ0n) is 10.8. The highest BCUT2D eigenvalue weighted by Gasteiger charge is 2.12. The molecule has 3 rings (SSSR count). The Morgan fingerprint density at radius 3 is 2.90 bits per heavy atom. The Bertz CT molecular complexity index is 795. The van der Waals surface area contributed by atoms with E-state index in [4.69, 9.17) is 11.6 Å². The van der Waals surface area contributed by atoms with Gasteiger partial charge in [-0.25, -0.2) is 4.98 Å². The smallest absolute Gasteiger partial charge is 0.267 e. The van der Waals surface area contributed by atoms with E-state index in [2.05, 4.69) is 15.3 Å². The molecule has 0 saturated heterocycles. The number of carbonyl (C=O) groups is 1. The van der Waals surface area contributed by atoms with Crippen molar-refractivity contribution in [2.75, 3.05) is 7.05 Å². The summed E-state index contributed by atoms with van der Waals surface area (Å²) in [6.07, 6.45) is 1.71. The summed E-state index contributed by atoms with van der Waals surface area (Å²) >= 11 is 6.04. The molecule has 100 valence electrons. The molecule has 0 aliphatic rings. The van der Waals surface area contributed by atoms with Crippen LogP contribution in [-0.2, 0) is 0 Å². The number of fused-ring (bicyclic) bond motifs is 1. The number of aromatic amines is 1. The van der Waals surface area contributed by atoms with Crippen molar-refractivity contribution in [1.29, 1.82) is 0 Å². The largest absolute Gasteiger partial charge is 0.354 e. The molecule has 0 atom stereocenters. The second-order valence-electron chi connectivity index (χ2n) is 4.39. The topological polar surface area (TPSA) is 57.8 Å². The first-order valence-electron chi connectivity index (χ1n) is 6.15. The molecular weight excluding hydrogens is 274 g/mol. The molecular formula is C15H12ClN3O. The Balaban J connectivity index is 2.21. The number of hydrogen-bond donors (Lipinski definition) is 2. The summed E-state index contributed by atoms with van der Waals surface area (Å²) in [6.45, 7) is 0. The number of benzene rings is 1. The fourth-order valence-corrected chi connectivity index (χ4v) is 2.38. The summed E-state index contributed by atoms with van der Waals surface area (Å²) in [6, 6.07) is 11.3. The third-order valence-corrected chi connectivity index (χ3v) is 3.37. The molecule has 2 aromatic heterocycles. The molecule has 2 heterocycles. The molecule has 1 aromatic carbocycles. The lowest BCUT2D eigenvalue weighted by molar-refractivity contribution is 0.0959. The molecule has 0 fully saturated rings. The predicted octanol–water partition coefficient (Wildman–Crippen LogP) is 3.24. The maximum atomic E-state index is 11.7. The molecule has 3 aromatic rings. The molecule has 0 aliphatic heterocycles. The number of rotatable bonds is 2. The zero-order valence-corrected chi connectivity index (χ0v) is 11.5. The molecule has 5 heteroatoms. The number of nitrogens with one attached hydrogen (secondary N) is 2. The Hall–Kier alpha value is -2.33. The van der Waals surface area contributed by atoms with E-state index in [1.165, 1.54) is 0 Å². The summed E-state index contributed by atoms with van der Waals surface area (Å²) in [7, 11) is 1.60. The van der Waals surface area contributed by atoms with Gasteiger partial charge in [0.2, 0.25) is 0 Å². The van der Waals surface area contributed by atoms with Gasteiger partial charge in [0.15, 0.2) is 0 Å². The van der Waals surface area contributed by atoms with Crippen LogP contribution in [0, 0.1) is 0 Å². The summed E-state index contributed by atoms with van der Waals surface area (Å²) in [5, 5.41) is 4.16. The fraction of sp³-hybridized carbons (Fsp3) is 0.0667. The third kappa shape index (κ3) is 2.14. The van der Waals surface area contributed by atoms with Gasteiger partial charge in [0.25, 0.3) is 5.91 Å². The van der Waals surface area contributed by atoms with Gasteiger partial charge in [0.05, 0.1) is 0 Å². The molecule has 0 unspecified atom stereocenters. The number of nitrogens with zero attached hydrogens (tertiary/aromatic N) is 1. The lowest BCUT2D eigenvalue weighted by atomic mass is 10.0. The van der Waals surface area contributed by atoms with Crippen LogP contribution in [0.1, 0.15) is 10.5 Å². The van der Waals surface area contributed by atoms with Gasteiger partial charge >= 0.3 is 0 Å². The third-order valence-electron chi connectivity index (χ3n) is 3.14. The van der Waals surface area contributed by atoms with Crippen molar-refractivity contribution in [3.8, 4) is 11.1 Å². The zero-order chi connectivity index (χ0) is 14.1. The molecule has 2 N–H and O–H groups in total. The van der Waals surface area contributed by atoms with E-state index in [1.54, 1.807) is 19.3 Å². The maximum absolute atomic E-state index is 11.7. The molecule has 1 amide bonds. The fourth-order valence-electron chi connectivity index (χ4n) is 2.19. The van der Waals surface area contributed by atoms with Gasteiger partial charge in [-0.3, -0.25) is 4.79 Å². The van der Waals surface area contributed by atoms with Gasteiger partial charge in [-0.15, -0.1) is 0 Å².